The van der Waals surface area contributed by atoms with E-state index in [4.69, 9.17) is 4.74 Å². The number of carbonyl (C=O) groups is 1. The Morgan fingerprint density at radius 1 is 1.43 bits per heavy atom. The first kappa shape index (κ1) is 14.5. The number of amides is 1. The Morgan fingerprint density at radius 2 is 2.33 bits per heavy atom. The van der Waals surface area contributed by atoms with E-state index in [2.05, 4.69) is 16.4 Å². The number of ether oxygens (including phenoxy) is 1. The zero-order chi connectivity index (χ0) is 14.5. The van der Waals surface area contributed by atoms with Crippen LogP contribution >= 0.6 is 11.3 Å². The van der Waals surface area contributed by atoms with Gasteiger partial charge in [-0.05, 0) is 31.4 Å². The van der Waals surface area contributed by atoms with Crippen molar-refractivity contribution in [3.8, 4) is 0 Å². The van der Waals surface area contributed by atoms with E-state index >= 15 is 0 Å². The van der Waals surface area contributed by atoms with Gasteiger partial charge in [0.1, 0.15) is 0 Å². The molecule has 1 aliphatic rings. The molecule has 1 fully saturated rings. The number of rotatable bonds is 6. The fraction of sp³-hybridized carbons (Fsp3) is 0.500. The van der Waals surface area contributed by atoms with E-state index < -0.39 is 0 Å². The Balaban J connectivity index is 1.40. The molecule has 0 radical (unpaired) electrons. The van der Waals surface area contributed by atoms with Crippen molar-refractivity contribution in [1.29, 1.82) is 0 Å². The summed E-state index contributed by atoms with van der Waals surface area (Å²) in [5.41, 5.74) is 1.02. The lowest BCUT2D eigenvalue weighted by molar-refractivity contribution is -0.121. The number of para-hydroxylation sites is 1. The lowest BCUT2D eigenvalue weighted by Crippen LogP contribution is -2.27. The molecule has 1 aliphatic heterocycles. The number of carbonyl (C=O) groups excluding carboxylic acids is 1. The second-order valence-corrected chi connectivity index (χ2v) is 6.46. The maximum atomic E-state index is 11.8. The fourth-order valence-electron chi connectivity index (χ4n) is 2.58. The molecular weight excluding hydrogens is 284 g/mol. The summed E-state index contributed by atoms with van der Waals surface area (Å²) in [5.74, 6) is 0.104. The highest BCUT2D eigenvalue weighted by atomic mass is 32.1. The topological polar surface area (TPSA) is 51.2 Å². The molecule has 3 rings (SSSR count). The van der Waals surface area contributed by atoms with Crippen LogP contribution in [-0.2, 0) is 16.0 Å². The van der Waals surface area contributed by atoms with Crippen molar-refractivity contribution >= 4 is 27.5 Å². The third-order valence-electron chi connectivity index (χ3n) is 3.72. The molecule has 1 N–H and O–H groups in total. The molecule has 1 aromatic heterocycles. The summed E-state index contributed by atoms with van der Waals surface area (Å²) in [4.78, 5) is 16.4. The van der Waals surface area contributed by atoms with Gasteiger partial charge in [-0.3, -0.25) is 4.79 Å². The third kappa shape index (κ3) is 4.02. The van der Waals surface area contributed by atoms with Crippen molar-refractivity contribution < 1.29 is 9.53 Å². The molecule has 1 atom stereocenters. The van der Waals surface area contributed by atoms with E-state index in [0.717, 1.165) is 36.4 Å². The summed E-state index contributed by atoms with van der Waals surface area (Å²) in [7, 11) is 0. The quantitative estimate of drug-likeness (QED) is 0.892. The first-order valence-corrected chi connectivity index (χ1v) is 8.35. The summed E-state index contributed by atoms with van der Waals surface area (Å²) >= 11 is 1.67. The fourth-order valence-corrected chi connectivity index (χ4v) is 3.55. The first-order chi connectivity index (χ1) is 10.3. The van der Waals surface area contributed by atoms with Crippen molar-refractivity contribution in [1.82, 2.24) is 10.3 Å². The molecule has 0 spiro atoms. The number of hydrogen-bond donors (Lipinski definition) is 1. The Hall–Kier alpha value is -1.46. The predicted molar refractivity (Wildman–Crippen MR) is 84.5 cm³/mol. The van der Waals surface area contributed by atoms with Gasteiger partial charge in [0.25, 0.3) is 0 Å². The van der Waals surface area contributed by atoms with Crippen LogP contribution in [0.1, 0.15) is 30.7 Å². The Morgan fingerprint density at radius 3 is 3.14 bits per heavy atom. The largest absolute Gasteiger partial charge is 0.378 e. The maximum absolute atomic E-state index is 11.8. The summed E-state index contributed by atoms with van der Waals surface area (Å²) in [6, 6.07) is 8.08. The standard InChI is InChI=1S/C16H20N2O2S/c19-15(17-10-9-12-4-3-11-20-12)7-8-16-18-13-5-1-2-6-14(13)21-16/h1-2,5-6,12H,3-4,7-11H2,(H,17,19)/t12-/m0/s1. The first-order valence-electron chi connectivity index (χ1n) is 7.54. The smallest absolute Gasteiger partial charge is 0.220 e. The second-order valence-electron chi connectivity index (χ2n) is 5.35. The van der Waals surface area contributed by atoms with Gasteiger partial charge in [-0.15, -0.1) is 11.3 Å². The van der Waals surface area contributed by atoms with Gasteiger partial charge in [0.2, 0.25) is 5.91 Å². The minimum absolute atomic E-state index is 0.104. The van der Waals surface area contributed by atoms with Gasteiger partial charge < -0.3 is 10.1 Å². The molecule has 0 saturated carbocycles. The molecule has 1 saturated heterocycles. The van der Waals surface area contributed by atoms with Crippen molar-refractivity contribution in [2.75, 3.05) is 13.2 Å². The predicted octanol–water partition coefficient (Wildman–Crippen LogP) is 2.91. The molecule has 0 bridgehead atoms. The highest BCUT2D eigenvalue weighted by Gasteiger charge is 2.15. The number of hydrogen-bond acceptors (Lipinski definition) is 4. The maximum Gasteiger partial charge on any atom is 0.220 e. The van der Waals surface area contributed by atoms with Crippen LogP contribution in [0.3, 0.4) is 0 Å². The molecule has 2 aromatic rings. The highest BCUT2D eigenvalue weighted by Crippen LogP contribution is 2.22. The van der Waals surface area contributed by atoms with E-state index in [1.54, 1.807) is 11.3 Å². The normalized spacial score (nSPS) is 18.2. The summed E-state index contributed by atoms with van der Waals surface area (Å²) in [5, 5.41) is 4.00. The zero-order valence-electron chi connectivity index (χ0n) is 12.0. The molecule has 0 aliphatic carbocycles. The van der Waals surface area contributed by atoms with E-state index in [-0.39, 0.29) is 5.91 Å². The van der Waals surface area contributed by atoms with Gasteiger partial charge in [-0.2, -0.15) is 0 Å². The monoisotopic (exact) mass is 304 g/mol. The molecule has 2 heterocycles. The van der Waals surface area contributed by atoms with Crippen LogP contribution < -0.4 is 5.32 Å². The van der Waals surface area contributed by atoms with E-state index in [9.17, 15) is 4.79 Å². The number of nitrogens with one attached hydrogen (secondary N) is 1. The van der Waals surface area contributed by atoms with Gasteiger partial charge in [-0.25, -0.2) is 4.98 Å². The molecule has 1 amide bonds. The number of fused-ring (bicyclic) bond motifs is 1. The average molecular weight is 304 g/mol. The Kier molecular flexibility index (Phi) is 4.83. The van der Waals surface area contributed by atoms with E-state index in [0.29, 0.717) is 25.5 Å². The van der Waals surface area contributed by atoms with Gasteiger partial charge in [0.05, 0.1) is 21.3 Å². The zero-order valence-corrected chi connectivity index (χ0v) is 12.8. The van der Waals surface area contributed by atoms with Crippen molar-refractivity contribution in [3.63, 3.8) is 0 Å². The van der Waals surface area contributed by atoms with Crippen molar-refractivity contribution in [3.05, 3.63) is 29.3 Å². The van der Waals surface area contributed by atoms with E-state index in [1.807, 2.05) is 18.2 Å². The molecule has 1 aromatic carbocycles. The minimum Gasteiger partial charge on any atom is -0.378 e. The highest BCUT2D eigenvalue weighted by molar-refractivity contribution is 7.18. The van der Waals surface area contributed by atoms with Crippen LogP contribution in [0.4, 0.5) is 0 Å². The van der Waals surface area contributed by atoms with Crippen LogP contribution in [-0.4, -0.2) is 30.1 Å². The number of thiazole rings is 1. The van der Waals surface area contributed by atoms with Gasteiger partial charge in [-0.1, -0.05) is 12.1 Å². The lowest BCUT2D eigenvalue weighted by atomic mass is 10.2. The molecule has 21 heavy (non-hydrogen) atoms. The number of benzene rings is 1. The summed E-state index contributed by atoms with van der Waals surface area (Å²) < 4.78 is 6.72. The molecule has 112 valence electrons. The van der Waals surface area contributed by atoms with Gasteiger partial charge >= 0.3 is 0 Å². The minimum atomic E-state index is 0.104. The molecule has 4 nitrogen and oxygen atoms in total. The molecule has 0 unspecified atom stereocenters. The van der Waals surface area contributed by atoms with Crippen LogP contribution in [0.5, 0.6) is 0 Å². The Labute approximate surface area is 128 Å². The number of aryl methyl sites for hydroxylation is 1. The van der Waals surface area contributed by atoms with Crippen LogP contribution in [0, 0.1) is 0 Å². The molecular formula is C16H20N2O2S. The number of aromatic nitrogens is 1. The van der Waals surface area contributed by atoms with Crippen molar-refractivity contribution in [2.24, 2.45) is 0 Å². The van der Waals surface area contributed by atoms with Crippen LogP contribution in [0.15, 0.2) is 24.3 Å². The summed E-state index contributed by atoms with van der Waals surface area (Å²) in [6.07, 6.45) is 4.76. The second kappa shape index (κ2) is 7.00. The van der Waals surface area contributed by atoms with E-state index in [1.165, 1.54) is 4.70 Å². The van der Waals surface area contributed by atoms with Crippen molar-refractivity contribution in [2.45, 2.75) is 38.2 Å². The van der Waals surface area contributed by atoms with Crippen LogP contribution in [0.25, 0.3) is 10.2 Å². The Bertz CT molecular complexity index is 572. The lowest BCUT2D eigenvalue weighted by Gasteiger charge is -2.09. The van der Waals surface area contributed by atoms with Gasteiger partial charge in [0, 0.05) is 26.0 Å². The SMILES string of the molecule is O=C(CCc1nc2ccccc2s1)NCC[C@@H]1CCCO1. The third-order valence-corrected chi connectivity index (χ3v) is 4.81. The van der Waals surface area contributed by atoms with Gasteiger partial charge in [0.15, 0.2) is 0 Å². The van der Waals surface area contributed by atoms with Crippen LogP contribution in [0.2, 0.25) is 0 Å². The molecule has 5 heteroatoms. The number of nitrogens with zero attached hydrogens (tertiary/aromatic N) is 1. The summed E-state index contributed by atoms with van der Waals surface area (Å²) in [6.45, 7) is 1.58. The average Bonchev–Trinajstić information content (AvgIpc) is 3.13.